The second-order valence-corrected chi connectivity index (χ2v) is 6.32. The number of nitrogens with one attached hydrogen (secondary N) is 1. The molecular formula is C17H10BrNO5. The van der Waals surface area contributed by atoms with Gasteiger partial charge in [-0.25, -0.2) is 0 Å². The van der Waals surface area contributed by atoms with E-state index in [-0.39, 0.29) is 19.5 Å². The van der Waals surface area contributed by atoms with E-state index in [1.807, 2.05) is 18.2 Å². The standard InChI is InChI=1S/C17H10BrNO5/c18-10-5-14-13(22-6-23-14)4-8(10)3-9-15-11(19-17(9)20)1-2-12-16(15)24-7-21-12/h1-5H,6-7H2,(H,19,20)/b9-3+. The Labute approximate surface area is 145 Å². The maximum Gasteiger partial charge on any atom is 0.256 e. The Hall–Kier alpha value is -2.67. The van der Waals surface area contributed by atoms with Crippen LogP contribution in [0.15, 0.2) is 28.7 Å². The molecule has 3 heterocycles. The zero-order valence-corrected chi connectivity index (χ0v) is 13.8. The number of rotatable bonds is 1. The quantitative estimate of drug-likeness (QED) is 0.759. The molecule has 0 aromatic heterocycles. The van der Waals surface area contributed by atoms with Crippen molar-refractivity contribution in [2.45, 2.75) is 0 Å². The van der Waals surface area contributed by atoms with Gasteiger partial charge in [0.15, 0.2) is 23.0 Å². The maximum absolute atomic E-state index is 12.4. The molecule has 6 nitrogen and oxygen atoms in total. The highest BCUT2D eigenvalue weighted by molar-refractivity contribution is 9.10. The monoisotopic (exact) mass is 387 g/mol. The first kappa shape index (κ1) is 13.7. The molecule has 0 spiro atoms. The molecule has 0 atom stereocenters. The maximum atomic E-state index is 12.4. The molecule has 120 valence electrons. The minimum atomic E-state index is -0.182. The van der Waals surface area contributed by atoms with Crippen LogP contribution in [0.1, 0.15) is 11.1 Å². The SMILES string of the molecule is O=C1Nc2ccc3c(c2/C1=C\c1cc2c(cc1Br)OCO2)OCO3. The van der Waals surface area contributed by atoms with Crippen LogP contribution in [-0.4, -0.2) is 19.5 Å². The highest BCUT2D eigenvalue weighted by Gasteiger charge is 2.32. The van der Waals surface area contributed by atoms with Crippen LogP contribution in [0.5, 0.6) is 23.0 Å². The fourth-order valence-corrected chi connectivity index (χ4v) is 3.42. The van der Waals surface area contributed by atoms with Crippen molar-refractivity contribution in [3.63, 3.8) is 0 Å². The van der Waals surface area contributed by atoms with Gasteiger partial charge >= 0.3 is 0 Å². The van der Waals surface area contributed by atoms with Gasteiger partial charge in [0.2, 0.25) is 13.6 Å². The highest BCUT2D eigenvalue weighted by Crippen LogP contribution is 2.48. The third-order valence-corrected chi connectivity index (χ3v) is 4.78. The molecule has 24 heavy (non-hydrogen) atoms. The lowest BCUT2D eigenvalue weighted by Crippen LogP contribution is -2.03. The van der Waals surface area contributed by atoms with Gasteiger partial charge in [0, 0.05) is 4.47 Å². The minimum Gasteiger partial charge on any atom is -0.454 e. The van der Waals surface area contributed by atoms with E-state index < -0.39 is 0 Å². The van der Waals surface area contributed by atoms with E-state index in [2.05, 4.69) is 21.2 Å². The van der Waals surface area contributed by atoms with Gasteiger partial charge in [-0.2, -0.15) is 0 Å². The van der Waals surface area contributed by atoms with Gasteiger partial charge in [0.25, 0.3) is 5.91 Å². The lowest BCUT2D eigenvalue weighted by atomic mass is 10.0. The van der Waals surface area contributed by atoms with Crippen LogP contribution in [0.4, 0.5) is 5.69 Å². The Kier molecular flexibility index (Phi) is 2.81. The molecule has 0 unspecified atom stereocenters. The van der Waals surface area contributed by atoms with Crippen LogP contribution >= 0.6 is 15.9 Å². The largest absolute Gasteiger partial charge is 0.454 e. The third-order valence-electron chi connectivity index (χ3n) is 4.09. The Morgan fingerprint density at radius 3 is 2.62 bits per heavy atom. The summed E-state index contributed by atoms with van der Waals surface area (Å²) in [7, 11) is 0. The van der Waals surface area contributed by atoms with Crippen molar-refractivity contribution < 1.29 is 23.7 Å². The van der Waals surface area contributed by atoms with Crippen LogP contribution in [0, 0.1) is 0 Å². The van der Waals surface area contributed by atoms with Gasteiger partial charge in [-0.15, -0.1) is 0 Å². The number of hydrogen-bond donors (Lipinski definition) is 1. The van der Waals surface area contributed by atoms with Crippen molar-refractivity contribution in [1.82, 2.24) is 0 Å². The predicted octanol–water partition coefficient (Wildman–Crippen LogP) is 3.40. The van der Waals surface area contributed by atoms with Gasteiger partial charge in [-0.3, -0.25) is 4.79 Å². The molecule has 2 aromatic rings. The first-order valence-corrected chi connectivity index (χ1v) is 8.05. The number of halogens is 1. The molecule has 7 heteroatoms. The van der Waals surface area contributed by atoms with Crippen molar-refractivity contribution in [2.75, 3.05) is 18.9 Å². The van der Waals surface area contributed by atoms with E-state index in [0.717, 1.165) is 15.6 Å². The summed E-state index contributed by atoms with van der Waals surface area (Å²) in [5, 5.41) is 2.86. The van der Waals surface area contributed by atoms with Crippen molar-refractivity contribution in [2.24, 2.45) is 0 Å². The smallest absolute Gasteiger partial charge is 0.256 e. The molecule has 1 amide bonds. The number of anilines is 1. The third kappa shape index (κ3) is 1.91. The molecule has 3 aliphatic rings. The molecule has 0 saturated heterocycles. The fraction of sp³-hybridized carbons (Fsp3) is 0.118. The van der Waals surface area contributed by atoms with E-state index in [1.54, 1.807) is 12.1 Å². The summed E-state index contributed by atoms with van der Waals surface area (Å²) in [5.74, 6) is 2.38. The number of fused-ring (bicyclic) bond motifs is 4. The Bertz CT molecular complexity index is 937. The molecule has 0 aliphatic carbocycles. The van der Waals surface area contributed by atoms with E-state index >= 15 is 0 Å². The zero-order chi connectivity index (χ0) is 16.3. The van der Waals surface area contributed by atoms with Crippen LogP contribution < -0.4 is 24.3 Å². The first-order valence-electron chi connectivity index (χ1n) is 7.26. The molecule has 0 bridgehead atoms. The number of ether oxygens (including phenoxy) is 4. The lowest BCUT2D eigenvalue weighted by molar-refractivity contribution is -0.110. The normalized spacial score (nSPS) is 18.0. The molecular weight excluding hydrogens is 378 g/mol. The molecule has 2 aromatic carbocycles. The van der Waals surface area contributed by atoms with E-state index in [1.165, 1.54) is 0 Å². The first-order chi connectivity index (χ1) is 11.7. The number of hydrogen-bond acceptors (Lipinski definition) is 5. The van der Waals surface area contributed by atoms with Gasteiger partial charge in [-0.05, 0) is 35.9 Å². The van der Waals surface area contributed by atoms with Crippen molar-refractivity contribution in [1.29, 1.82) is 0 Å². The van der Waals surface area contributed by atoms with Crippen molar-refractivity contribution >= 4 is 39.2 Å². The summed E-state index contributed by atoms with van der Waals surface area (Å²) >= 11 is 3.51. The lowest BCUT2D eigenvalue weighted by Gasteiger charge is -2.06. The summed E-state index contributed by atoms with van der Waals surface area (Å²) in [6.45, 7) is 0.352. The summed E-state index contributed by atoms with van der Waals surface area (Å²) in [6.07, 6.45) is 1.80. The van der Waals surface area contributed by atoms with E-state index in [4.69, 9.17) is 18.9 Å². The molecule has 3 aliphatic heterocycles. The van der Waals surface area contributed by atoms with Gasteiger partial charge < -0.3 is 24.3 Å². The number of carbonyl (C=O) groups is 1. The fourth-order valence-electron chi connectivity index (χ4n) is 2.98. The highest BCUT2D eigenvalue weighted by atomic mass is 79.9. The topological polar surface area (TPSA) is 66.0 Å². The number of benzene rings is 2. The second kappa shape index (κ2) is 4.91. The average molecular weight is 388 g/mol. The molecule has 0 fully saturated rings. The molecule has 0 radical (unpaired) electrons. The van der Waals surface area contributed by atoms with Gasteiger partial charge in [0.1, 0.15) is 0 Å². The van der Waals surface area contributed by atoms with E-state index in [0.29, 0.717) is 34.3 Å². The van der Waals surface area contributed by atoms with Crippen LogP contribution in [0.25, 0.3) is 11.6 Å². The summed E-state index contributed by atoms with van der Waals surface area (Å²) in [5.41, 5.74) is 2.77. The molecule has 5 rings (SSSR count). The van der Waals surface area contributed by atoms with Crippen LogP contribution in [-0.2, 0) is 4.79 Å². The summed E-state index contributed by atoms with van der Waals surface area (Å²) < 4.78 is 22.5. The summed E-state index contributed by atoms with van der Waals surface area (Å²) in [6, 6.07) is 7.28. The Morgan fingerprint density at radius 2 is 1.75 bits per heavy atom. The number of carbonyl (C=O) groups excluding carboxylic acids is 1. The van der Waals surface area contributed by atoms with Crippen molar-refractivity contribution in [3.05, 3.63) is 39.9 Å². The Balaban J connectivity index is 1.68. The minimum absolute atomic E-state index is 0.154. The molecule has 1 N–H and O–H groups in total. The second-order valence-electron chi connectivity index (χ2n) is 5.46. The van der Waals surface area contributed by atoms with Gasteiger partial charge in [0.05, 0.1) is 16.8 Å². The van der Waals surface area contributed by atoms with Crippen molar-refractivity contribution in [3.8, 4) is 23.0 Å². The Morgan fingerprint density at radius 1 is 1.00 bits per heavy atom. The van der Waals surface area contributed by atoms with E-state index in [9.17, 15) is 4.79 Å². The van der Waals surface area contributed by atoms with Crippen LogP contribution in [0.3, 0.4) is 0 Å². The molecule has 0 saturated carbocycles. The zero-order valence-electron chi connectivity index (χ0n) is 12.2. The van der Waals surface area contributed by atoms with Crippen LogP contribution in [0.2, 0.25) is 0 Å². The van der Waals surface area contributed by atoms with Gasteiger partial charge in [-0.1, -0.05) is 15.9 Å². The summed E-state index contributed by atoms with van der Waals surface area (Å²) in [4.78, 5) is 12.4. The predicted molar refractivity (Wildman–Crippen MR) is 89.3 cm³/mol. The average Bonchev–Trinajstić information content (AvgIpc) is 3.26. The number of amides is 1.